The van der Waals surface area contributed by atoms with Crippen LogP contribution in [0.15, 0.2) is 41.7 Å². The van der Waals surface area contributed by atoms with Crippen molar-refractivity contribution in [1.82, 2.24) is 24.7 Å². The van der Waals surface area contributed by atoms with Gasteiger partial charge in [0.1, 0.15) is 5.82 Å². The zero-order chi connectivity index (χ0) is 22.3. The van der Waals surface area contributed by atoms with Gasteiger partial charge in [-0.2, -0.15) is 13.2 Å². The number of nitrogens with one attached hydrogen (secondary N) is 1. The average Bonchev–Trinajstić information content (AvgIpc) is 3.16. The summed E-state index contributed by atoms with van der Waals surface area (Å²) in [7, 11) is 1.78. The van der Waals surface area contributed by atoms with Crippen LogP contribution in [0.3, 0.4) is 0 Å². The van der Waals surface area contributed by atoms with E-state index in [4.69, 9.17) is 0 Å². The zero-order valence-electron chi connectivity index (χ0n) is 18.2. The average molecular weight is 437 g/mol. The SMILES string of the molecule is CN=C(NCCCCn1ccnc1C)N1CCN(Cc2cccc(C(F)(F)F)c2)CC1. The molecule has 0 bridgehead atoms. The van der Waals surface area contributed by atoms with Gasteiger partial charge in [-0.05, 0) is 31.4 Å². The second kappa shape index (κ2) is 10.7. The van der Waals surface area contributed by atoms with E-state index in [1.165, 1.54) is 12.1 Å². The summed E-state index contributed by atoms with van der Waals surface area (Å²) in [6.45, 7) is 7.52. The van der Waals surface area contributed by atoms with Gasteiger partial charge in [0.2, 0.25) is 0 Å². The number of aliphatic imine (C=N–C) groups is 1. The van der Waals surface area contributed by atoms with Gasteiger partial charge in [0, 0.05) is 65.3 Å². The van der Waals surface area contributed by atoms with Crippen LogP contribution in [-0.2, 0) is 19.3 Å². The molecule has 0 spiro atoms. The van der Waals surface area contributed by atoms with Gasteiger partial charge < -0.3 is 14.8 Å². The maximum absolute atomic E-state index is 12.9. The number of piperazine rings is 1. The van der Waals surface area contributed by atoms with E-state index in [0.29, 0.717) is 12.1 Å². The normalized spacial score (nSPS) is 16.0. The van der Waals surface area contributed by atoms with Crippen molar-refractivity contribution in [1.29, 1.82) is 0 Å². The molecule has 0 radical (unpaired) electrons. The van der Waals surface area contributed by atoms with Crippen molar-refractivity contribution >= 4 is 5.96 Å². The van der Waals surface area contributed by atoms with E-state index in [1.54, 1.807) is 13.1 Å². The Balaban J connectivity index is 1.39. The topological polar surface area (TPSA) is 48.7 Å². The van der Waals surface area contributed by atoms with Crippen molar-refractivity contribution in [2.75, 3.05) is 39.8 Å². The predicted octanol–water partition coefficient (Wildman–Crippen LogP) is 3.38. The standard InChI is InChI=1S/C22H31F3N6/c1-18-27-9-11-30(18)10-4-3-8-28-21(26-2)31-14-12-29(13-15-31)17-19-6-5-7-20(16-19)22(23,24)25/h5-7,9,11,16H,3-4,8,10,12-15,17H2,1-2H3,(H,26,28). The molecule has 0 atom stereocenters. The molecule has 1 aromatic carbocycles. The molecule has 0 amide bonds. The summed E-state index contributed by atoms with van der Waals surface area (Å²) in [4.78, 5) is 13.0. The van der Waals surface area contributed by atoms with Crippen LogP contribution in [0.1, 0.15) is 29.8 Å². The third-order valence-corrected chi connectivity index (χ3v) is 5.58. The van der Waals surface area contributed by atoms with E-state index < -0.39 is 11.7 Å². The van der Waals surface area contributed by atoms with E-state index in [2.05, 4.69) is 29.7 Å². The van der Waals surface area contributed by atoms with Crippen LogP contribution in [0.5, 0.6) is 0 Å². The molecule has 6 nitrogen and oxygen atoms in total. The summed E-state index contributed by atoms with van der Waals surface area (Å²) >= 11 is 0. The van der Waals surface area contributed by atoms with Crippen molar-refractivity contribution in [2.45, 2.75) is 39.0 Å². The van der Waals surface area contributed by atoms with Gasteiger partial charge in [0.15, 0.2) is 5.96 Å². The highest BCUT2D eigenvalue weighted by Gasteiger charge is 2.30. The number of halogens is 3. The lowest BCUT2D eigenvalue weighted by molar-refractivity contribution is -0.137. The Kier molecular flexibility index (Phi) is 7.95. The Bertz CT molecular complexity index is 853. The second-order valence-corrected chi connectivity index (χ2v) is 7.81. The first-order valence-electron chi connectivity index (χ1n) is 10.7. The van der Waals surface area contributed by atoms with Gasteiger partial charge in [-0.1, -0.05) is 18.2 Å². The third-order valence-electron chi connectivity index (χ3n) is 5.58. The molecule has 0 aliphatic carbocycles. The van der Waals surface area contributed by atoms with E-state index in [-0.39, 0.29) is 0 Å². The van der Waals surface area contributed by atoms with Crippen LogP contribution in [-0.4, -0.2) is 65.1 Å². The van der Waals surface area contributed by atoms with E-state index in [0.717, 1.165) is 70.0 Å². The molecular weight excluding hydrogens is 405 g/mol. The lowest BCUT2D eigenvalue weighted by Crippen LogP contribution is -2.52. The lowest BCUT2D eigenvalue weighted by Gasteiger charge is -2.36. The molecule has 1 aliphatic rings. The van der Waals surface area contributed by atoms with Crippen molar-refractivity contribution in [3.63, 3.8) is 0 Å². The fraction of sp³-hybridized carbons (Fsp3) is 0.545. The van der Waals surface area contributed by atoms with Crippen LogP contribution in [0.4, 0.5) is 13.2 Å². The van der Waals surface area contributed by atoms with Gasteiger partial charge in [-0.3, -0.25) is 9.89 Å². The summed E-state index contributed by atoms with van der Waals surface area (Å²) in [6, 6.07) is 5.60. The molecule has 0 saturated carbocycles. The quantitative estimate of drug-likeness (QED) is 0.411. The minimum absolute atomic E-state index is 0.525. The molecule has 1 aromatic heterocycles. The molecular formula is C22H31F3N6. The van der Waals surface area contributed by atoms with Crippen LogP contribution in [0.25, 0.3) is 0 Å². The van der Waals surface area contributed by atoms with Gasteiger partial charge in [0.05, 0.1) is 5.56 Å². The third kappa shape index (κ3) is 6.72. The fourth-order valence-electron chi connectivity index (χ4n) is 3.80. The van der Waals surface area contributed by atoms with Crippen molar-refractivity contribution in [2.24, 2.45) is 4.99 Å². The maximum atomic E-state index is 12.9. The number of nitrogens with zero attached hydrogens (tertiary/aromatic N) is 5. The van der Waals surface area contributed by atoms with Crippen molar-refractivity contribution in [3.05, 3.63) is 53.6 Å². The summed E-state index contributed by atoms with van der Waals surface area (Å²) in [5.41, 5.74) is 0.107. The van der Waals surface area contributed by atoms with Gasteiger partial charge in [0.25, 0.3) is 0 Å². The molecule has 0 unspecified atom stereocenters. The highest BCUT2D eigenvalue weighted by molar-refractivity contribution is 5.79. The van der Waals surface area contributed by atoms with Crippen LogP contribution in [0.2, 0.25) is 0 Å². The van der Waals surface area contributed by atoms with Crippen molar-refractivity contribution < 1.29 is 13.2 Å². The Labute approximate surface area is 181 Å². The monoisotopic (exact) mass is 436 g/mol. The number of alkyl halides is 3. The Hall–Kier alpha value is -2.55. The molecule has 1 aliphatic heterocycles. The summed E-state index contributed by atoms with van der Waals surface area (Å²) in [5.74, 6) is 1.92. The molecule has 31 heavy (non-hydrogen) atoms. The molecule has 1 saturated heterocycles. The number of hydrogen-bond donors (Lipinski definition) is 1. The number of imidazole rings is 1. The van der Waals surface area contributed by atoms with Crippen LogP contribution in [0, 0.1) is 6.92 Å². The first kappa shape index (κ1) is 23.1. The fourth-order valence-corrected chi connectivity index (χ4v) is 3.80. The van der Waals surface area contributed by atoms with Crippen LogP contribution < -0.4 is 5.32 Å². The lowest BCUT2D eigenvalue weighted by atomic mass is 10.1. The Morgan fingerprint density at radius 3 is 2.58 bits per heavy atom. The maximum Gasteiger partial charge on any atom is 0.416 e. The molecule has 1 fully saturated rings. The van der Waals surface area contributed by atoms with E-state index in [1.807, 2.05) is 19.3 Å². The van der Waals surface area contributed by atoms with Crippen molar-refractivity contribution in [3.8, 4) is 0 Å². The summed E-state index contributed by atoms with van der Waals surface area (Å²) in [6.07, 6.45) is 1.62. The first-order valence-corrected chi connectivity index (χ1v) is 10.7. The minimum Gasteiger partial charge on any atom is -0.356 e. The molecule has 1 N–H and O–H groups in total. The number of aromatic nitrogens is 2. The molecule has 3 rings (SSSR count). The van der Waals surface area contributed by atoms with E-state index in [9.17, 15) is 13.2 Å². The highest BCUT2D eigenvalue weighted by Crippen LogP contribution is 2.29. The van der Waals surface area contributed by atoms with Gasteiger partial charge >= 0.3 is 6.18 Å². The number of hydrogen-bond acceptors (Lipinski definition) is 3. The molecule has 2 aromatic rings. The number of unbranched alkanes of at least 4 members (excludes halogenated alkanes) is 1. The largest absolute Gasteiger partial charge is 0.416 e. The summed E-state index contributed by atoms with van der Waals surface area (Å²) < 4.78 is 40.9. The van der Waals surface area contributed by atoms with E-state index >= 15 is 0 Å². The van der Waals surface area contributed by atoms with Crippen LogP contribution >= 0.6 is 0 Å². The zero-order valence-corrected chi connectivity index (χ0v) is 18.2. The Morgan fingerprint density at radius 1 is 1.16 bits per heavy atom. The molecule has 9 heteroatoms. The number of benzene rings is 1. The second-order valence-electron chi connectivity index (χ2n) is 7.81. The minimum atomic E-state index is -4.30. The number of aryl methyl sites for hydroxylation is 2. The number of rotatable bonds is 7. The Morgan fingerprint density at radius 2 is 1.94 bits per heavy atom. The molecule has 2 heterocycles. The van der Waals surface area contributed by atoms with Gasteiger partial charge in [-0.15, -0.1) is 0 Å². The first-order chi connectivity index (χ1) is 14.9. The highest BCUT2D eigenvalue weighted by atomic mass is 19.4. The number of guanidine groups is 1. The van der Waals surface area contributed by atoms with Gasteiger partial charge in [-0.25, -0.2) is 4.98 Å². The summed E-state index contributed by atoms with van der Waals surface area (Å²) in [5, 5.41) is 3.43. The smallest absolute Gasteiger partial charge is 0.356 e. The molecule has 170 valence electrons. The predicted molar refractivity (Wildman–Crippen MR) is 116 cm³/mol.